The van der Waals surface area contributed by atoms with Crippen molar-refractivity contribution in [2.24, 2.45) is 0 Å². The number of pyridine rings is 2. The topological polar surface area (TPSA) is 123 Å². The van der Waals surface area contributed by atoms with Gasteiger partial charge in [-0.25, -0.2) is 14.8 Å². The second kappa shape index (κ2) is 14.4. The molecule has 0 aliphatic carbocycles. The highest BCUT2D eigenvalue weighted by atomic mass is 16.6. The molecule has 0 saturated carbocycles. The molecular weight excluding hydrogens is 546 g/mol. The monoisotopic (exact) mass is 593 g/mol. The Labute approximate surface area is 254 Å². The van der Waals surface area contributed by atoms with Crippen LogP contribution in [0.4, 0.5) is 22.2 Å². The maximum absolute atomic E-state index is 13.4. The van der Waals surface area contributed by atoms with Crippen LogP contribution in [0.25, 0.3) is 11.0 Å². The third-order valence-electron chi connectivity index (χ3n) is 7.15. The Bertz CT molecular complexity index is 1470. The van der Waals surface area contributed by atoms with Crippen molar-refractivity contribution >= 4 is 40.4 Å². The highest BCUT2D eigenvalue weighted by molar-refractivity contribution is 5.99. The zero-order valence-corrected chi connectivity index (χ0v) is 27.2. The number of aromatic nitrogens is 4. The number of ketones is 1. The third kappa shape index (κ3) is 8.09. The Hall–Kier alpha value is -4.02. The number of aryl methyl sites for hydroxylation is 1. The zero-order chi connectivity index (χ0) is 31.9. The first-order valence-electron chi connectivity index (χ1n) is 15.2. The third-order valence-corrected chi connectivity index (χ3v) is 7.15. The lowest BCUT2D eigenvalue weighted by Crippen LogP contribution is -2.50. The van der Waals surface area contributed by atoms with Crippen molar-refractivity contribution in [1.29, 1.82) is 0 Å². The van der Waals surface area contributed by atoms with Crippen LogP contribution in [-0.4, -0.2) is 68.1 Å². The minimum Gasteiger partial charge on any atom is -0.444 e. The van der Waals surface area contributed by atoms with E-state index in [4.69, 9.17) is 9.72 Å². The van der Waals surface area contributed by atoms with Crippen molar-refractivity contribution in [3.05, 3.63) is 46.0 Å². The lowest BCUT2D eigenvalue weighted by molar-refractivity contribution is 0.0240. The Morgan fingerprint density at radius 1 is 1.00 bits per heavy atom. The van der Waals surface area contributed by atoms with Crippen LogP contribution in [0, 0.1) is 6.92 Å². The first-order chi connectivity index (χ1) is 20.3. The summed E-state index contributed by atoms with van der Waals surface area (Å²) >= 11 is 0. The van der Waals surface area contributed by atoms with Crippen LogP contribution in [0.2, 0.25) is 0 Å². The Balaban J connectivity index is 0.00000162. The van der Waals surface area contributed by atoms with Crippen molar-refractivity contribution in [3.63, 3.8) is 0 Å². The van der Waals surface area contributed by atoms with Crippen molar-refractivity contribution in [3.8, 4) is 0 Å². The summed E-state index contributed by atoms with van der Waals surface area (Å²) < 4.78 is 7.12. The van der Waals surface area contributed by atoms with Gasteiger partial charge in [-0.2, -0.15) is 4.98 Å². The molecule has 0 unspecified atom stereocenters. The van der Waals surface area contributed by atoms with E-state index in [1.807, 2.05) is 46.8 Å². The zero-order valence-electron chi connectivity index (χ0n) is 27.2. The van der Waals surface area contributed by atoms with E-state index in [-0.39, 0.29) is 29.0 Å². The summed E-state index contributed by atoms with van der Waals surface area (Å²) in [6, 6.07) is 3.72. The van der Waals surface area contributed by atoms with Crippen molar-refractivity contribution in [1.82, 2.24) is 24.4 Å². The summed E-state index contributed by atoms with van der Waals surface area (Å²) in [7, 11) is 0. The molecule has 1 aliphatic heterocycles. The van der Waals surface area contributed by atoms with Gasteiger partial charge in [0.25, 0.3) is 5.56 Å². The number of carbonyl (C=O) groups is 2. The van der Waals surface area contributed by atoms with E-state index in [0.29, 0.717) is 54.5 Å². The number of Topliss-reactive ketones (excluding diaryl/α,β-unsaturated/α-hetero) is 1. The number of piperazine rings is 1. The summed E-state index contributed by atoms with van der Waals surface area (Å²) in [6.45, 7) is 19.6. The normalized spacial score (nSPS) is 13.5. The maximum Gasteiger partial charge on any atom is 0.410 e. The van der Waals surface area contributed by atoms with Gasteiger partial charge in [0, 0.05) is 43.8 Å². The predicted octanol–water partition coefficient (Wildman–Crippen LogP) is 6.28. The highest BCUT2D eigenvalue weighted by Crippen LogP contribution is 2.26. The number of nitrogens with zero attached hydrogens (tertiary/aromatic N) is 6. The van der Waals surface area contributed by atoms with Crippen LogP contribution < -0.4 is 15.8 Å². The van der Waals surface area contributed by atoms with Gasteiger partial charge in [0.05, 0.1) is 17.4 Å². The number of rotatable bonds is 7. The molecule has 0 radical (unpaired) electrons. The second-order valence-electron chi connectivity index (χ2n) is 11.8. The smallest absolute Gasteiger partial charge is 0.410 e. The quantitative estimate of drug-likeness (QED) is 0.316. The first kappa shape index (κ1) is 33.5. The molecule has 1 aliphatic rings. The molecule has 0 aromatic carbocycles. The average molecular weight is 594 g/mol. The molecule has 1 fully saturated rings. The molecule has 4 heterocycles. The van der Waals surface area contributed by atoms with Crippen LogP contribution in [0.1, 0.15) is 96.6 Å². The van der Waals surface area contributed by atoms with Crippen molar-refractivity contribution in [2.45, 2.75) is 93.2 Å². The summed E-state index contributed by atoms with van der Waals surface area (Å²) in [6.07, 6.45) is 5.85. The number of fused-ring (bicyclic) bond motifs is 1. The maximum atomic E-state index is 13.4. The molecule has 1 amide bonds. The summed E-state index contributed by atoms with van der Waals surface area (Å²) in [5.74, 6) is 0.610. The van der Waals surface area contributed by atoms with Gasteiger partial charge in [-0.15, -0.1) is 0 Å². The number of ether oxygens (including phenoxy) is 1. The second-order valence-corrected chi connectivity index (χ2v) is 11.8. The van der Waals surface area contributed by atoms with E-state index in [1.54, 1.807) is 28.8 Å². The Morgan fingerprint density at radius 2 is 1.63 bits per heavy atom. The lowest BCUT2D eigenvalue weighted by atomic mass is 10.0. The molecule has 4 rings (SSSR count). The number of carbonyl (C=O) groups excluding carboxylic acids is 2. The van der Waals surface area contributed by atoms with Crippen molar-refractivity contribution in [2.75, 3.05) is 36.4 Å². The van der Waals surface area contributed by atoms with E-state index in [9.17, 15) is 14.4 Å². The summed E-state index contributed by atoms with van der Waals surface area (Å²) in [5, 5.41) is 3.82. The molecule has 1 N–H and O–H groups in total. The number of hydrogen-bond donors (Lipinski definition) is 1. The molecule has 43 heavy (non-hydrogen) atoms. The van der Waals surface area contributed by atoms with Gasteiger partial charge in [-0.3, -0.25) is 14.2 Å². The van der Waals surface area contributed by atoms with Gasteiger partial charge < -0.3 is 19.9 Å². The molecule has 0 bridgehead atoms. The molecule has 234 valence electrons. The Morgan fingerprint density at radius 3 is 2.14 bits per heavy atom. The van der Waals surface area contributed by atoms with Crippen LogP contribution >= 0.6 is 0 Å². The van der Waals surface area contributed by atoms with Crippen LogP contribution in [0.3, 0.4) is 0 Å². The standard InChI is InChI=1S/C29H39N7O4.C3H8/c1-8-20(9-2)36-25-22(18(3)24(19(4)37)26(36)38)17-31-27(33-25)32-23-11-10-21(16-30-23)34-12-14-35(15-13-34)28(39)40-29(5,6)7;1-3-2/h10-11,16-17,20H,8-9,12-15H2,1-7H3,(H,30,31,32,33);3H2,1-2H3. The fourth-order valence-electron chi connectivity index (χ4n) is 5.04. The highest BCUT2D eigenvalue weighted by Gasteiger charge is 2.26. The molecular formula is C32H47N7O4. The largest absolute Gasteiger partial charge is 0.444 e. The minimum atomic E-state index is -0.517. The number of amides is 1. The van der Waals surface area contributed by atoms with Crippen molar-refractivity contribution < 1.29 is 14.3 Å². The van der Waals surface area contributed by atoms with Gasteiger partial charge in [0.15, 0.2) is 5.78 Å². The minimum absolute atomic E-state index is 0.0929. The van der Waals surface area contributed by atoms with Gasteiger partial charge >= 0.3 is 6.09 Å². The fraction of sp³-hybridized carbons (Fsp3) is 0.562. The van der Waals surface area contributed by atoms with E-state index in [1.165, 1.54) is 13.3 Å². The van der Waals surface area contributed by atoms with Gasteiger partial charge in [-0.1, -0.05) is 34.1 Å². The van der Waals surface area contributed by atoms with E-state index >= 15 is 0 Å². The van der Waals surface area contributed by atoms with E-state index in [2.05, 4.69) is 34.0 Å². The van der Waals surface area contributed by atoms with Gasteiger partial charge in [0.2, 0.25) is 5.95 Å². The predicted molar refractivity (Wildman–Crippen MR) is 172 cm³/mol. The number of nitrogens with one attached hydrogen (secondary N) is 1. The van der Waals surface area contributed by atoms with Crippen LogP contribution in [0.15, 0.2) is 29.3 Å². The molecule has 0 atom stereocenters. The van der Waals surface area contributed by atoms with Crippen LogP contribution in [-0.2, 0) is 4.74 Å². The molecule has 11 heteroatoms. The summed E-state index contributed by atoms with van der Waals surface area (Å²) in [5.41, 5.74) is 1.40. The fourth-order valence-corrected chi connectivity index (χ4v) is 5.04. The van der Waals surface area contributed by atoms with E-state index < -0.39 is 5.60 Å². The number of hydrogen-bond acceptors (Lipinski definition) is 9. The van der Waals surface area contributed by atoms with Crippen LogP contribution in [0.5, 0.6) is 0 Å². The molecule has 1 saturated heterocycles. The SMILES string of the molecule is CCC.CCC(CC)n1c(=O)c(C(C)=O)c(C)c2cnc(Nc3ccc(N4CCN(C(=O)OC(C)(C)C)CC4)cn3)nc21. The molecule has 0 spiro atoms. The van der Waals surface area contributed by atoms with E-state index in [0.717, 1.165) is 18.5 Å². The average Bonchev–Trinajstić information content (AvgIpc) is 2.95. The van der Waals surface area contributed by atoms with Gasteiger partial charge in [0.1, 0.15) is 17.1 Å². The number of anilines is 3. The molecule has 3 aromatic rings. The molecule has 11 nitrogen and oxygen atoms in total. The first-order valence-corrected chi connectivity index (χ1v) is 15.2. The Kier molecular flexibility index (Phi) is 11.2. The summed E-state index contributed by atoms with van der Waals surface area (Å²) in [4.78, 5) is 55.7. The lowest BCUT2D eigenvalue weighted by Gasteiger charge is -2.36. The molecule has 3 aromatic heterocycles. The van der Waals surface area contributed by atoms with Gasteiger partial charge in [-0.05, 0) is 65.2 Å².